The molecule has 1 heterocycles. The van der Waals surface area contributed by atoms with Crippen LogP contribution in [0.15, 0.2) is 35.1 Å². The molecule has 1 aliphatic heterocycles. The quantitative estimate of drug-likeness (QED) is 0.596. The first-order valence-corrected chi connectivity index (χ1v) is 8.99. The van der Waals surface area contributed by atoms with Gasteiger partial charge < -0.3 is 14.4 Å². The monoisotopic (exact) mass is 369 g/mol. The maximum Gasteiger partial charge on any atom is 0.181 e. The molecular weight excluding hydrogens is 350 g/mol. The van der Waals surface area contributed by atoms with Crippen molar-refractivity contribution in [1.82, 2.24) is 4.98 Å². The van der Waals surface area contributed by atoms with Gasteiger partial charge in [0, 0.05) is 45.1 Å². The Morgan fingerprint density at radius 3 is 2.54 bits per heavy atom. The highest BCUT2D eigenvalue weighted by Gasteiger charge is 2.15. The van der Waals surface area contributed by atoms with Crippen LogP contribution in [0.1, 0.15) is 5.56 Å². The van der Waals surface area contributed by atoms with Crippen molar-refractivity contribution in [3.8, 4) is 16.6 Å². The van der Waals surface area contributed by atoms with Gasteiger partial charge in [-0.1, -0.05) is 0 Å². The Labute approximate surface area is 155 Å². The number of anilines is 1. The summed E-state index contributed by atoms with van der Waals surface area (Å²) in [6.45, 7) is 2.74. The third-order valence-corrected chi connectivity index (χ3v) is 5.14. The van der Waals surface area contributed by atoms with E-state index < -0.39 is 0 Å². The molecule has 0 saturated heterocycles. The Morgan fingerprint density at radius 1 is 1.15 bits per heavy atom. The van der Waals surface area contributed by atoms with Gasteiger partial charge in [-0.3, -0.25) is 4.79 Å². The van der Waals surface area contributed by atoms with Crippen LogP contribution in [0.3, 0.4) is 0 Å². The molecule has 0 amide bonds. The standard InChI is InChI=1S/C19H19N3O3S/c1-24-7-5-22(6-8-25-2)14-3-4-16-17(10-14)26-18-11-15(23)9-13(12-20)19(18)21-16/h3-4,9-11H,5-8H2,1-2H3. The van der Waals surface area contributed by atoms with Crippen LogP contribution in [-0.2, 0) is 9.47 Å². The van der Waals surface area contributed by atoms with Crippen molar-refractivity contribution in [3.63, 3.8) is 0 Å². The number of hydrogen-bond donors (Lipinski definition) is 0. The molecule has 3 rings (SSSR count). The Balaban J connectivity index is 2.07. The summed E-state index contributed by atoms with van der Waals surface area (Å²) in [7, 11) is 3.36. The molecule has 0 radical (unpaired) electrons. The summed E-state index contributed by atoms with van der Waals surface area (Å²) in [6.07, 6.45) is 0. The lowest BCUT2D eigenvalue weighted by Gasteiger charge is -2.24. The third-order valence-electron chi connectivity index (χ3n) is 4.06. The maximum absolute atomic E-state index is 11.8. The number of fused-ring (bicyclic) bond motifs is 2. The summed E-state index contributed by atoms with van der Waals surface area (Å²) in [5.41, 5.74) is 2.57. The van der Waals surface area contributed by atoms with Crippen LogP contribution < -0.4 is 10.3 Å². The van der Waals surface area contributed by atoms with Crippen molar-refractivity contribution in [3.05, 3.63) is 46.1 Å². The van der Waals surface area contributed by atoms with Crippen LogP contribution >= 0.6 is 11.3 Å². The summed E-state index contributed by atoms with van der Waals surface area (Å²) >= 11 is 1.47. The molecule has 0 spiro atoms. The van der Waals surface area contributed by atoms with E-state index in [1.54, 1.807) is 14.2 Å². The van der Waals surface area contributed by atoms with E-state index in [0.29, 0.717) is 24.5 Å². The Hall–Kier alpha value is -2.53. The van der Waals surface area contributed by atoms with Gasteiger partial charge in [-0.25, -0.2) is 4.98 Å². The molecular formula is C19H19N3O3S. The predicted molar refractivity (Wildman–Crippen MR) is 103 cm³/mol. The van der Waals surface area contributed by atoms with E-state index in [-0.39, 0.29) is 5.43 Å². The molecule has 0 aromatic heterocycles. The smallest absolute Gasteiger partial charge is 0.181 e. The van der Waals surface area contributed by atoms with Crippen LogP contribution in [0.5, 0.6) is 0 Å². The minimum absolute atomic E-state index is 0.176. The van der Waals surface area contributed by atoms with Crippen LogP contribution in [0.4, 0.5) is 5.69 Å². The van der Waals surface area contributed by atoms with Gasteiger partial charge in [0.15, 0.2) is 5.43 Å². The second kappa shape index (κ2) is 8.23. The number of benzene rings is 2. The number of ether oxygens (including phenoxy) is 2. The topological polar surface area (TPSA) is 75.5 Å². The lowest BCUT2D eigenvalue weighted by molar-refractivity contribution is 0.190. The summed E-state index contributed by atoms with van der Waals surface area (Å²) in [5.74, 6) is 0. The van der Waals surface area contributed by atoms with Crippen molar-refractivity contribution in [1.29, 1.82) is 5.26 Å². The fraction of sp³-hybridized carbons (Fsp3) is 0.316. The number of methoxy groups -OCH3 is 2. The van der Waals surface area contributed by atoms with Crippen molar-refractivity contribution in [2.24, 2.45) is 0 Å². The van der Waals surface area contributed by atoms with Gasteiger partial charge in [0.05, 0.1) is 39.6 Å². The van der Waals surface area contributed by atoms with Gasteiger partial charge in [0.2, 0.25) is 0 Å². The zero-order valence-electron chi connectivity index (χ0n) is 14.7. The Bertz CT molecular complexity index is 972. The van der Waals surface area contributed by atoms with E-state index in [4.69, 9.17) is 9.47 Å². The number of nitrogens with zero attached hydrogens (tertiary/aromatic N) is 3. The molecule has 0 atom stereocenters. The van der Waals surface area contributed by atoms with Gasteiger partial charge in [-0.15, -0.1) is 11.3 Å². The molecule has 0 unspecified atom stereocenters. The number of nitriles is 1. The van der Waals surface area contributed by atoms with Crippen molar-refractivity contribution in [2.75, 3.05) is 45.4 Å². The molecule has 7 heteroatoms. The predicted octanol–water partition coefficient (Wildman–Crippen LogP) is 2.73. The van der Waals surface area contributed by atoms with Crippen LogP contribution in [-0.4, -0.2) is 45.5 Å². The first-order chi connectivity index (χ1) is 12.7. The van der Waals surface area contributed by atoms with Crippen molar-refractivity contribution in [2.45, 2.75) is 0 Å². The normalized spacial score (nSPS) is 11.0. The number of aromatic nitrogens is 1. The van der Waals surface area contributed by atoms with Crippen LogP contribution in [0.2, 0.25) is 0 Å². The molecule has 0 N–H and O–H groups in total. The fourth-order valence-corrected chi connectivity index (χ4v) is 3.81. The largest absolute Gasteiger partial charge is 0.383 e. The van der Waals surface area contributed by atoms with Crippen LogP contribution in [0, 0.1) is 11.3 Å². The fourth-order valence-electron chi connectivity index (χ4n) is 2.75. The van der Waals surface area contributed by atoms with E-state index in [9.17, 15) is 10.1 Å². The minimum atomic E-state index is -0.176. The van der Waals surface area contributed by atoms with Gasteiger partial charge >= 0.3 is 0 Å². The van der Waals surface area contributed by atoms with E-state index in [1.165, 1.54) is 23.5 Å². The molecule has 134 valence electrons. The van der Waals surface area contributed by atoms with Crippen LogP contribution in [0.25, 0.3) is 20.8 Å². The van der Waals surface area contributed by atoms with Gasteiger partial charge in [0.1, 0.15) is 6.07 Å². The lowest BCUT2D eigenvalue weighted by atomic mass is 10.1. The highest BCUT2D eigenvalue weighted by molar-refractivity contribution is 7.21. The molecule has 1 aromatic carbocycles. The first-order valence-electron chi connectivity index (χ1n) is 8.18. The average Bonchev–Trinajstić information content (AvgIpc) is 2.65. The average molecular weight is 369 g/mol. The highest BCUT2D eigenvalue weighted by Crippen LogP contribution is 2.33. The molecule has 26 heavy (non-hydrogen) atoms. The van der Waals surface area contributed by atoms with E-state index >= 15 is 0 Å². The summed E-state index contributed by atoms with van der Waals surface area (Å²) in [4.78, 5) is 19.3. The first kappa shape index (κ1) is 18.3. The Morgan fingerprint density at radius 2 is 1.88 bits per heavy atom. The minimum Gasteiger partial charge on any atom is -0.383 e. The second-order valence-electron chi connectivity index (χ2n) is 5.77. The summed E-state index contributed by atoms with van der Waals surface area (Å²) < 4.78 is 11.4. The molecule has 1 aromatic rings. The van der Waals surface area contributed by atoms with E-state index in [1.807, 2.05) is 12.1 Å². The molecule has 2 aliphatic rings. The molecule has 0 bridgehead atoms. The SMILES string of the molecule is COCCN(CCOC)c1ccc2nc3c(C#N)cc(=O)cc-3sc2c1. The number of hydrogen-bond acceptors (Lipinski definition) is 7. The third kappa shape index (κ3) is 3.83. The van der Waals surface area contributed by atoms with E-state index in [0.717, 1.165) is 33.9 Å². The zero-order chi connectivity index (χ0) is 18.5. The van der Waals surface area contributed by atoms with Gasteiger partial charge in [0.25, 0.3) is 0 Å². The summed E-state index contributed by atoms with van der Waals surface area (Å²) in [6, 6.07) is 10.9. The van der Waals surface area contributed by atoms with Gasteiger partial charge in [-0.2, -0.15) is 5.26 Å². The van der Waals surface area contributed by atoms with Gasteiger partial charge in [-0.05, 0) is 18.2 Å². The Kier molecular flexibility index (Phi) is 5.78. The lowest BCUT2D eigenvalue weighted by Crippen LogP contribution is -2.30. The zero-order valence-corrected chi connectivity index (χ0v) is 15.5. The highest BCUT2D eigenvalue weighted by atomic mass is 32.1. The second-order valence-corrected chi connectivity index (χ2v) is 6.85. The van der Waals surface area contributed by atoms with Crippen molar-refractivity contribution >= 4 is 27.2 Å². The molecule has 0 saturated carbocycles. The number of rotatable bonds is 7. The van der Waals surface area contributed by atoms with Crippen molar-refractivity contribution < 1.29 is 9.47 Å². The molecule has 1 aliphatic carbocycles. The maximum atomic E-state index is 11.8. The summed E-state index contributed by atoms with van der Waals surface area (Å²) in [5, 5.41) is 9.26. The van der Waals surface area contributed by atoms with E-state index in [2.05, 4.69) is 22.0 Å². The molecule has 6 nitrogen and oxygen atoms in total. The molecule has 0 fully saturated rings.